The van der Waals surface area contributed by atoms with Crippen LogP contribution in [0.1, 0.15) is 11.3 Å². The van der Waals surface area contributed by atoms with E-state index >= 15 is 0 Å². The first kappa shape index (κ1) is 18.1. The van der Waals surface area contributed by atoms with Crippen molar-refractivity contribution in [3.63, 3.8) is 0 Å². The first-order valence-corrected chi connectivity index (χ1v) is 7.66. The molecule has 1 aromatic carbocycles. The minimum Gasteiger partial charge on any atom is -0.478 e. The maximum Gasteiger partial charge on any atom is 0.430 e. The Labute approximate surface area is 150 Å². The van der Waals surface area contributed by atoms with Crippen LogP contribution in [0.2, 0.25) is 5.02 Å². The summed E-state index contributed by atoms with van der Waals surface area (Å²) in [7, 11) is 0. The monoisotopic (exact) mass is 385 g/mol. The van der Waals surface area contributed by atoms with Gasteiger partial charge in [-0.2, -0.15) is 13.2 Å². The van der Waals surface area contributed by atoms with Crippen LogP contribution in [0.3, 0.4) is 0 Å². The van der Waals surface area contributed by atoms with Crippen molar-refractivity contribution in [3.8, 4) is 17.4 Å². The zero-order valence-electron chi connectivity index (χ0n) is 13.2. The molecule has 2 heterocycles. The molecule has 9 heteroatoms. The highest BCUT2D eigenvalue weighted by Crippen LogP contribution is 2.42. The van der Waals surface area contributed by atoms with E-state index in [9.17, 15) is 18.0 Å². The molecule has 0 bridgehead atoms. The number of pyridine rings is 1. The van der Waals surface area contributed by atoms with Gasteiger partial charge in [-0.05, 0) is 25.1 Å². The van der Waals surface area contributed by atoms with E-state index in [1.54, 1.807) is 25.1 Å². The Bertz CT molecular complexity index is 911. The second kappa shape index (κ2) is 6.53. The van der Waals surface area contributed by atoms with Crippen molar-refractivity contribution in [3.05, 3.63) is 52.2 Å². The van der Waals surface area contributed by atoms with Gasteiger partial charge < -0.3 is 14.6 Å². The van der Waals surface area contributed by atoms with Gasteiger partial charge in [0.15, 0.2) is 5.75 Å². The van der Waals surface area contributed by atoms with Gasteiger partial charge in [-0.25, -0.2) is 9.78 Å². The molecular weight excluding hydrogens is 375 g/mol. The first-order chi connectivity index (χ1) is 12.1. The molecule has 1 N–H and O–H groups in total. The summed E-state index contributed by atoms with van der Waals surface area (Å²) in [5.74, 6) is -1.67. The third kappa shape index (κ3) is 3.60. The molecule has 136 valence electrons. The third-order valence-electron chi connectivity index (χ3n) is 3.52. The van der Waals surface area contributed by atoms with Crippen molar-refractivity contribution in [2.24, 2.45) is 0 Å². The molecule has 1 aliphatic rings. The van der Waals surface area contributed by atoms with Crippen molar-refractivity contribution in [2.75, 3.05) is 0 Å². The van der Waals surface area contributed by atoms with Gasteiger partial charge in [0.25, 0.3) is 0 Å². The van der Waals surface area contributed by atoms with E-state index in [0.717, 1.165) is 6.08 Å². The molecule has 0 saturated heterocycles. The number of carbonyl (C=O) groups is 1. The summed E-state index contributed by atoms with van der Waals surface area (Å²) in [5, 5.41) is 9.10. The lowest BCUT2D eigenvalue weighted by Gasteiger charge is -2.27. The number of aliphatic carboxylic acids is 1. The number of fused-ring (bicyclic) bond motifs is 1. The predicted molar refractivity (Wildman–Crippen MR) is 86.6 cm³/mol. The maximum atomic E-state index is 13.1. The fourth-order valence-corrected chi connectivity index (χ4v) is 2.59. The van der Waals surface area contributed by atoms with E-state index in [1.165, 1.54) is 12.1 Å². The molecule has 1 aromatic heterocycles. The predicted octanol–water partition coefficient (Wildman–Crippen LogP) is 4.63. The zero-order valence-corrected chi connectivity index (χ0v) is 13.9. The summed E-state index contributed by atoms with van der Waals surface area (Å²) in [6.07, 6.45) is -6.58. The SMILES string of the molecule is Cc1cccc(Oc2cc3c(cc2Cl)C=C(C(=O)O)C(C(F)(F)F)O3)n1. The molecule has 1 atom stereocenters. The lowest BCUT2D eigenvalue weighted by Crippen LogP contribution is -2.40. The van der Waals surface area contributed by atoms with E-state index in [0.29, 0.717) is 5.69 Å². The molecule has 26 heavy (non-hydrogen) atoms. The lowest BCUT2D eigenvalue weighted by atomic mass is 10.0. The average molecular weight is 386 g/mol. The molecule has 0 aliphatic carbocycles. The van der Waals surface area contributed by atoms with Gasteiger partial charge in [-0.15, -0.1) is 0 Å². The number of ether oxygens (including phenoxy) is 2. The minimum absolute atomic E-state index is 0.0385. The average Bonchev–Trinajstić information content (AvgIpc) is 2.53. The number of alkyl halides is 3. The van der Waals surface area contributed by atoms with Crippen molar-refractivity contribution in [2.45, 2.75) is 19.2 Å². The van der Waals surface area contributed by atoms with Crippen molar-refractivity contribution < 1.29 is 32.5 Å². The number of aryl methyl sites for hydroxylation is 1. The number of halogens is 4. The Balaban J connectivity index is 2.01. The van der Waals surface area contributed by atoms with Crippen LogP contribution in [-0.2, 0) is 4.79 Å². The van der Waals surface area contributed by atoms with E-state index in [1.807, 2.05) is 0 Å². The molecule has 0 saturated carbocycles. The molecule has 0 spiro atoms. The van der Waals surface area contributed by atoms with Crippen LogP contribution in [0.25, 0.3) is 6.08 Å². The van der Waals surface area contributed by atoms with Gasteiger partial charge in [-0.1, -0.05) is 17.7 Å². The summed E-state index contributed by atoms with van der Waals surface area (Å²) < 4.78 is 49.8. The Morgan fingerprint density at radius 3 is 2.69 bits per heavy atom. The van der Waals surface area contributed by atoms with Crippen molar-refractivity contribution in [1.82, 2.24) is 4.98 Å². The largest absolute Gasteiger partial charge is 0.478 e. The van der Waals surface area contributed by atoms with Crippen LogP contribution >= 0.6 is 11.6 Å². The number of hydrogen-bond acceptors (Lipinski definition) is 4. The molecule has 1 unspecified atom stereocenters. The van der Waals surface area contributed by atoms with Crippen molar-refractivity contribution >= 4 is 23.6 Å². The number of carboxylic acids is 1. The normalized spacial score (nSPS) is 16.3. The zero-order chi connectivity index (χ0) is 19.1. The second-order valence-corrected chi connectivity index (χ2v) is 5.89. The summed E-state index contributed by atoms with van der Waals surface area (Å²) in [4.78, 5) is 15.3. The quantitative estimate of drug-likeness (QED) is 0.834. The molecule has 2 aromatic rings. The summed E-state index contributed by atoms with van der Waals surface area (Å²) in [5.41, 5.74) is -0.133. The Morgan fingerprint density at radius 1 is 1.35 bits per heavy atom. The van der Waals surface area contributed by atoms with Gasteiger partial charge >= 0.3 is 12.1 Å². The number of aromatic nitrogens is 1. The lowest BCUT2D eigenvalue weighted by molar-refractivity contribution is -0.187. The molecule has 0 fully saturated rings. The van der Waals surface area contributed by atoms with Crippen LogP contribution in [0, 0.1) is 6.92 Å². The number of hydrogen-bond donors (Lipinski definition) is 1. The van der Waals surface area contributed by atoms with Gasteiger partial charge in [0, 0.05) is 23.4 Å². The van der Waals surface area contributed by atoms with Gasteiger partial charge in [0.1, 0.15) is 5.75 Å². The smallest absolute Gasteiger partial charge is 0.430 e. The Morgan fingerprint density at radius 2 is 2.08 bits per heavy atom. The van der Waals surface area contributed by atoms with Crippen LogP contribution in [0.4, 0.5) is 13.2 Å². The number of rotatable bonds is 3. The molecule has 0 radical (unpaired) electrons. The van der Waals surface area contributed by atoms with Crippen LogP contribution < -0.4 is 9.47 Å². The van der Waals surface area contributed by atoms with Crippen LogP contribution in [0.5, 0.6) is 17.4 Å². The molecular formula is C17H11ClF3NO4. The van der Waals surface area contributed by atoms with E-state index in [4.69, 9.17) is 26.2 Å². The molecule has 3 rings (SSSR count). The number of benzene rings is 1. The van der Waals surface area contributed by atoms with E-state index in [2.05, 4.69) is 4.98 Å². The van der Waals surface area contributed by atoms with Crippen molar-refractivity contribution in [1.29, 1.82) is 0 Å². The highest BCUT2D eigenvalue weighted by molar-refractivity contribution is 6.32. The third-order valence-corrected chi connectivity index (χ3v) is 3.82. The fraction of sp³-hybridized carbons (Fsp3) is 0.176. The molecule has 5 nitrogen and oxygen atoms in total. The fourth-order valence-electron chi connectivity index (χ4n) is 2.38. The van der Waals surface area contributed by atoms with E-state index in [-0.39, 0.29) is 28.0 Å². The topological polar surface area (TPSA) is 68.7 Å². The van der Waals surface area contributed by atoms with Crippen LogP contribution in [-0.4, -0.2) is 28.3 Å². The minimum atomic E-state index is -4.89. The standard InChI is InChI=1S/C17H11ClF3NO4/c1-8-3-2-4-14(22-8)25-13-7-12-9(6-11(13)18)5-10(16(23)24)15(26-12)17(19,20)21/h2-7,15H,1H3,(H,23,24). The van der Waals surface area contributed by atoms with Gasteiger partial charge in [-0.3, -0.25) is 0 Å². The highest BCUT2D eigenvalue weighted by Gasteiger charge is 2.48. The Kier molecular flexibility index (Phi) is 4.53. The van der Waals surface area contributed by atoms with Gasteiger partial charge in [0.05, 0.1) is 10.6 Å². The molecule has 0 amide bonds. The second-order valence-electron chi connectivity index (χ2n) is 5.48. The van der Waals surface area contributed by atoms with E-state index < -0.39 is 23.8 Å². The van der Waals surface area contributed by atoms with Crippen LogP contribution in [0.15, 0.2) is 35.9 Å². The highest BCUT2D eigenvalue weighted by atomic mass is 35.5. The number of carboxylic acid groups (broad SMARTS) is 1. The Hall–Kier alpha value is -2.74. The first-order valence-electron chi connectivity index (χ1n) is 7.28. The summed E-state index contributed by atoms with van der Waals surface area (Å²) in [6.45, 7) is 1.75. The summed E-state index contributed by atoms with van der Waals surface area (Å²) in [6, 6.07) is 7.45. The maximum absolute atomic E-state index is 13.1. The molecule has 1 aliphatic heterocycles. The van der Waals surface area contributed by atoms with Gasteiger partial charge in [0.2, 0.25) is 12.0 Å². The number of nitrogens with zero attached hydrogens (tertiary/aromatic N) is 1. The summed E-state index contributed by atoms with van der Waals surface area (Å²) >= 11 is 6.10.